The normalized spacial score (nSPS) is 23.9. The predicted molar refractivity (Wildman–Crippen MR) is 76.5 cm³/mol. The second kappa shape index (κ2) is 5.62. The van der Waals surface area contributed by atoms with Crippen molar-refractivity contribution in [3.05, 3.63) is 0 Å². The average Bonchev–Trinajstić information content (AvgIpc) is 3.18. The molecule has 0 heterocycles. The van der Waals surface area contributed by atoms with E-state index in [1.54, 1.807) is 11.9 Å². The summed E-state index contributed by atoms with van der Waals surface area (Å²) in [5.74, 6) is -0.797. The molecule has 2 aliphatic rings. The molecule has 2 fully saturated rings. The van der Waals surface area contributed by atoms with Gasteiger partial charge in [0, 0.05) is 13.1 Å². The summed E-state index contributed by atoms with van der Waals surface area (Å²) < 4.78 is 0. The van der Waals surface area contributed by atoms with Crippen LogP contribution < -0.4 is 5.32 Å². The predicted octanol–water partition coefficient (Wildman–Crippen LogP) is 2.46. The lowest BCUT2D eigenvalue weighted by atomic mass is 9.75. The van der Waals surface area contributed by atoms with Gasteiger partial charge in [-0.25, -0.2) is 9.59 Å². The topological polar surface area (TPSA) is 69.6 Å². The lowest BCUT2D eigenvalue weighted by Gasteiger charge is -2.38. The number of hydrogen-bond donors (Lipinski definition) is 2. The highest BCUT2D eigenvalue weighted by Gasteiger charge is 2.38. The molecule has 2 rings (SSSR count). The number of nitrogens with zero attached hydrogens (tertiary/aromatic N) is 1. The van der Waals surface area contributed by atoms with Crippen molar-refractivity contribution >= 4 is 12.0 Å². The molecule has 0 aromatic rings. The number of hydrogen-bond acceptors (Lipinski definition) is 2. The van der Waals surface area contributed by atoms with E-state index in [2.05, 4.69) is 19.2 Å². The Balaban J connectivity index is 1.87. The van der Waals surface area contributed by atoms with Gasteiger partial charge in [-0.2, -0.15) is 0 Å². The van der Waals surface area contributed by atoms with E-state index in [9.17, 15) is 9.59 Å². The molecule has 1 atom stereocenters. The first kappa shape index (κ1) is 15.1. The number of rotatable bonds is 4. The number of urea groups is 1. The van der Waals surface area contributed by atoms with Crippen LogP contribution in [0.25, 0.3) is 0 Å². The smallest absolute Gasteiger partial charge is 0.326 e. The van der Waals surface area contributed by atoms with Crippen LogP contribution in [0.5, 0.6) is 0 Å². The van der Waals surface area contributed by atoms with Gasteiger partial charge in [0.05, 0.1) is 0 Å². The molecule has 0 bridgehead atoms. The Bertz CT molecular complexity index is 381. The number of carbonyl (C=O) groups excluding carboxylic acids is 1. The third kappa shape index (κ3) is 3.64. The van der Waals surface area contributed by atoms with Gasteiger partial charge in [0.15, 0.2) is 0 Å². The molecular weight excluding hydrogens is 256 g/mol. The van der Waals surface area contributed by atoms with E-state index in [1.165, 1.54) is 0 Å². The highest BCUT2D eigenvalue weighted by atomic mass is 16.4. The summed E-state index contributed by atoms with van der Waals surface area (Å²) >= 11 is 0. The lowest BCUT2D eigenvalue weighted by molar-refractivity contribution is -0.139. The number of aliphatic carboxylic acids is 1. The van der Waals surface area contributed by atoms with Gasteiger partial charge in [0.25, 0.3) is 0 Å². The van der Waals surface area contributed by atoms with E-state index in [0.717, 1.165) is 38.5 Å². The van der Waals surface area contributed by atoms with Gasteiger partial charge in [-0.15, -0.1) is 0 Å². The van der Waals surface area contributed by atoms with Crippen LogP contribution in [0.15, 0.2) is 0 Å². The molecule has 2 amide bonds. The van der Waals surface area contributed by atoms with Crippen LogP contribution in [0.1, 0.15) is 52.4 Å². The minimum atomic E-state index is -0.918. The maximum atomic E-state index is 12.2. The Morgan fingerprint density at radius 3 is 2.20 bits per heavy atom. The van der Waals surface area contributed by atoms with Gasteiger partial charge >= 0.3 is 12.0 Å². The molecule has 1 unspecified atom stereocenters. The molecule has 0 aliphatic heterocycles. The van der Waals surface area contributed by atoms with E-state index in [4.69, 9.17) is 5.11 Å². The minimum absolute atomic E-state index is 0.120. The number of carboxylic acids is 1. The number of amides is 2. The van der Waals surface area contributed by atoms with Gasteiger partial charge in [0.1, 0.15) is 6.04 Å². The molecule has 2 aliphatic carbocycles. The van der Waals surface area contributed by atoms with Crippen LogP contribution in [-0.2, 0) is 4.79 Å². The van der Waals surface area contributed by atoms with Gasteiger partial charge < -0.3 is 15.3 Å². The number of carbonyl (C=O) groups is 2. The Hall–Kier alpha value is -1.26. The Kier molecular flexibility index (Phi) is 4.25. The lowest BCUT2D eigenvalue weighted by Crippen LogP contribution is -2.51. The third-order valence-corrected chi connectivity index (χ3v) is 4.82. The first-order valence-electron chi connectivity index (χ1n) is 7.56. The number of nitrogens with one attached hydrogen (secondary N) is 1. The summed E-state index contributed by atoms with van der Waals surface area (Å²) in [7, 11) is 1.78. The maximum Gasteiger partial charge on any atom is 0.326 e. The largest absolute Gasteiger partial charge is 0.480 e. The molecule has 0 radical (unpaired) electrons. The van der Waals surface area contributed by atoms with Crippen molar-refractivity contribution in [1.29, 1.82) is 0 Å². The summed E-state index contributed by atoms with van der Waals surface area (Å²) in [4.78, 5) is 25.1. The first-order chi connectivity index (χ1) is 9.30. The first-order valence-corrected chi connectivity index (χ1v) is 7.56. The zero-order valence-electron chi connectivity index (χ0n) is 12.7. The van der Waals surface area contributed by atoms with Crippen molar-refractivity contribution in [1.82, 2.24) is 10.2 Å². The van der Waals surface area contributed by atoms with Gasteiger partial charge in [-0.1, -0.05) is 13.8 Å². The third-order valence-electron chi connectivity index (χ3n) is 4.82. The quantitative estimate of drug-likeness (QED) is 0.832. The Labute approximate surface area is 120 Å². The highest BCUT2D eigenvalue weighted by molar-refractivity contribution is 5.83. The van der Waals surface area contributed by atoms with Crippen molar-refractivity contribution in [2.45, 2.75) is 64.5 Å². The molecule has 2 N–H and O–H groups in total. The summed E-state index contributed by atoms with van der Waals surface area (Å²) in [6.45, 7) is 4.52. The molecule has 0 aromatic carbocycles. The van der Waals surface area contributed by atoms with Crippen LogP contribution in [0, 0.1) is 11.3 Å². The molecule has 0 aromatic heterocycles. The van der Waals surface area contributed by atoms with Crippen LogP contribution >= 0.6 is 0 Å². The molecule has 5 heteroatoms. The molecule has 2 saturated carbocycles. The second-order valence-electron chi connectivity index (χ2n) is 7.11. The Morgan fingerprint density at radius 1 is 1.20 bits per heavy atom. The zero-order valence-corrected chi connectivity index (χ0v) is 12.7. The fourth-order valence-electron chi connectivity index (χ4n) is 2.98. The molecular formula is C15H26N2O3. The van der Waals surface area contributed by atoms with Crippen LogP contribution in [0.3, 0.4) is 0 Å². The summed E-state index contributed by atoms with van der Waals surface area (Å²) in [5.41, 5.74) is 0.366. The SMILES string of the molecule is CN(C(=O)NC(C(=O)O)C1CC1)C1CCC(C)(C)CC1. The van der Waals surface area contributed by atoms with E-state index in [-0.39, 0.29) is 18.0 Å². The molecule has 5 nitrogen and oxygen atoms in total. The van der Waals surface area contributed by atoms with Crippen molar-refractivity contribution in [3.63, 3.8) is 0 Å². The number of carboxylic acid groups (broad SMARTS) is 1. The second-order valence-corrected chi connectivity index (χ2v) is 7.11. The maximum absolute atomic E-state index is 12.2. The van der Waals surface area contributed by atoms with Crippen molar-refractivity contribution in [2.75, 3.05) is 7.05 Å². The van der Waals surface area contributed by atoms with Gasteiger partial charge in [0.2, 0.25) is 0 Å². The highest BCUT2D eigenvalue weighted by Crippen LogP contribution is 2.37. The van der Waals surface area contributed by atoms with Crippen molar-refractivity contribution in [3.8, 4) is 0 Å². The van der Waals surface area contributed by atoms with Crippen LogP contribution in [0.4, 0.5) is 4.79 Å². The summed E-state index contributed by atoms with van der Waals surface area (Å²) in [6.07, 6.45) is 6.02. The van der Waals surface area contributed by atoms with Crippen LogP contribution in [-0.4, -0.2) is 41.1 Å². The van der Waals surface area contributed by atoms with E-state index < -0.39 is 12.0 Å². The molecule has 0 saturated heterocycles. The van der Waals surface area contributed by atoms with Crippen LogP contribution in [0.2, 0.25) is 0 Å². The van der Waals surface area contributed by atoms with Crippen molar-refractivity contribution < 1.29 is 14.7 Å². The molecule has 20 heavy (non-hydrogen) atoms. The van der Waals surface area contributed by atoms with Gasteiger partial charge in [-0.3, -0.25) is 0 Å². The average molecular weight is 282 g/mol. The standard InChI is InChI=1S/C15H26N2O3/c1-15(2)8-6-11(7-9-15)17(3)14(20)16-12(13(18)19)10-4-5-10/h10-12H,4-9H2,1-3H3,(H,16,20)(H,18,19). The fourth-order valence-corrected chi connectivity index (χ4v) is 2.98. The molecule has 114 valence electrons. The van der Waals surface area contributed by atoms with E-state index in [0.29, 0.717) is 5.41 Å². The fraction of sp³-hybridized carbons (Fsp3) is 0.867. The Morgan fingerprint density at radius 2 is 1.75 bits per heavy atom. The monoisotopic (exact) mass is 282 g/mol. The van der Waals surface area contributed by atoms with Crippen molar-refractivity contribution in [2.24, 2.45) is 11.3 Å². The van der Waals surface area contributed by atoms with E-state index in [1.807, 2.05) is 0 Å². The van der Waals surface area contributed by atoms with Gasteiger partial charge in [-0.05, 0) is 49.9 Å². The summed E-state index contributed by atoms with van der Waals surface area (Å²) in [6, 6.07) is -0.726. The summed E-state index contributed by atoms with van der Waals surface area (Å²) in [5, 5.41) is 11.8. The zero-order chi connectivity index (χ0) is 14.9. The molecule has 0 spiro atoms. The minimum Gasteiger partial charge on any atom is -0.480 e. The van der Waals surface area contributed by atoms with E-state index >= 15 is 0 Å².